The first-order valence-electron chi connectivity index (χ1n) is 6.36. The van der Waals surface area contributed by atoms with Gasteiger partial charge in [-0.05, 0) is 32.4 Å². The van der Waals surface area contributed by atoms with Gasteiger partial charge in [-0.1, -0.05) is 0 Å². The highest BCUT2D eigenvalue weighted by Crippen LogP contribution is 2.31. The largest absolute Gasteiger partial charge is 0.369 e. The number of halogens is 2. The summed E-state index contributed by atoms with van der Waals surface area (Å²) in [6.45, 7) is 3.14. The maximum atomic E-state index is 14.0. The highest BCUT2D eigenvalue weighted by Gasteiger charge is 2.47. The number of nitrogens with zero attached hydrogens (tertiary/aromatic N) is 1. The van der Waals surface area contributed by atoms with Crippen LogP contribution in [0.25, 0.3) is 0 Å². The fraction of sp³-hybridized carbons (Fsp3) is 0.615. The molecule has 1 saturated heterocycles. The van der Waals surface area contributed by atoms with Gasteiger partial charge in [0.1, 0.15) is 11.8 Å². The first-order chi connectivity index (χ1) is 8.90. The minimum Gasteiger partial charge on any atom is -0.369 e. The van der Waals surface area contributed by atoms with Gasteiger partial charge in [0.05, 0.1) is 12.6 Å². The van der Waals surface area contributed by atoms with Crippen molar-refractivity contribution in [1.82, 2.24) is 9.88 Å². The molecule has 6 heteroatoms. The van der Waals surface area contributed by atoms with Crippen molar-refractivity contribution in [3.63, 3.8) is 0 Å². The van der Waals surface area contributed by atoms with E-state index in [0.717, 1.165) is 0 Å². The lowest BCUT2D eigenvalue weighted by atomic mass is 10.0. The van der Waals surface area contributed by atoms with Crippen LogP contribution in [0.15, 0.2) is 18.3 Å². The van der Waals surface area contributed by atoms with E-state index in [1.54, 1.807) is 32.2 Å². The molecule has 0 aromatic carbocycles. The van der Waals surface area contributed by atoms with Gasteiger partial charge in [0.2, 0.25) is 0 Å². The van der Waals surface area contributed by atoms with E-state index in [-0.39, 0.29) is 19.1 Å². The van der Waals surface area contributed by atoms with Crippen LogP contribution in [0, 0.1) is 0 Å². The molecule has 1 aliphatic heterocycles. The van der Waals surface area contributed by atoms with Gasteiger partial charge in [-0.25, -0.2) is 8.78 Å². The fourth-order valence-electron chi connectivity index (χ4n) is 2.22. The predicted molar refractivity (Wildman–Crippen MR) is 66.3 cm³/mol. The molecule has 0 saturated carbocycles. The highest BCUT2D eigenvalue weighted by atomic mass is 19.3. The number of rotatable bonds is 3. The molecular formula is C13H18F2N2O2. The average molecular weight is 272 g/mol. The number of H-pyrrole nitrogens is 1. The summed E-state index contributed by atoms with van der Waals surface area (Å²) in [6, 6.07) is 3.25. The van der Waals surface area contributed by atoms with Gasteiger partial charge in [0.15, 0.2) is 0 Å². The molecule has 1 unspecified atom stereocenters. The Bertz CT molecular complexity index is 432. The van der Waals surface area contributed by atoms with Gasteiger partial charge in [-0.3, -0.25) is 4.79 Å². The van der Waals surface area contributed by atoms with Crippen LogP contribution in [0.4, 0.5) is 8.78 Å². The van der Waals surface area contributed by atoms with Crippen molar-refractivity contribution in [2.75, 3.05) is 13.1 Å². The van der Waals surface area contributed by atoms with Gasteiger partial charge in [-0.2, -0.15) is 0 Å². The average Bonchev–Trinajstić information content (AvgIpc) is 2.83. The molecule has 0 radical (unpaired) electrons. The Morgan fingerprint density at radius 3 is 2.84 bits per heavy atom. The van der Waals surface area contributed by atoms with Crippen LogP contribution in [-0.4, -0.2) is 47.0 Å². The summed E-state index contributed by atoms with van der Waals surface area (Å²) in [7, 11) is 0. The maximum absolute atomic E-state index is 14.0. The third-order valence-electron chi connectivity index (χ3n) is 3.09. The number of carbonyl (C=O) groups is 1. The lowest BCUT2D eigenvalue weighted by Crippen LogP contribution is -2.54. The number of piperidine rings is 1. The first kappa shape index (κ1) is 14.0. The number of aromatic amines is 1. The van der Waals surface area contributed by atoms with Gasteiger partial charge in [0.25, 0.3) is 11.8 Å². The van der Waals surface area contributed by atoms with Crippen LogP contribution >= 0.6 is 0 Å². The Balaban J connectivity index is 2.03. The molecule has 2 heterocycles. The number of aromatic nitrogens is 1. The standard InChI is InChI=1S/C13H18F2N2O2/c1-9(2)19-11-5-7-17(8-13(11,14)15)12(18)10-4-3-6-16-10/h3-4,6,9,11,16H,5,7-8H2,1-2H3. The lowest BCUT2D eigenvalue weighted by Gasteiger charge is -2.38. The van der Waals surface area contributed by atoms with E-state index in [1.807, 2.05) is 0 Å². The van der Waals surface area contributed by atoms with E-state index in [1.165, 1.54) is 4.90 Å². The zero-order valence-corrected chi connectivity index (χ0v) is 11.0. The zero-order valence-electron chi connectivity index (χ0n) is 11.0. The molecule has 19 heavy (non-hydrogen) atoms. The smallest absolute Gasteiger partial charge is 0.290 e. The van der Waals surface area contributed by atoms with Crippen LogP contribution in [-0.2, 0) is 4.74 Å². The number of hydrogen-bond acceptors (Lipinski definition) is 2. The minimum atomic E-state index is -3.01. The molecule has 2 rings (SSSR count). The van der Waals surface area contributed by atoms with Crippen molar-refractivity contribution in [2.45, 2.75) is 38.4 Å². The minimum absolute atomic E-state index is 0.150. The van der Waals surface area contributed by atoms with Crippen molar-refractivity contribution in [2.24, 2.45) is 0 Å². The number of likely N-dealkylation sites (tertiary alicyclic amines) is 1. The monoisotopic (exact) mass is 272 g/mol. The van der Waals surface area contributed by atoms with Crippen molar-refractivity contribution < 1.29 is 18.3 Å². The summed E-state index contributed by atoms with van der Waals surface area (Å²) in [5.74, 6) is -3.40. The molecule has 1 fully saturated rings. The number of carbonyl (C=O) groups excluding carboxylic acids is 1. The van der Waals surface area contributed by atoms with E-state index >= 15 is 0 Å². The molecule has 1 amide bonds. The second kappa shape index (κ2) is 5.28. The number of amides is 1. The second-order valence-electron chi connectivity index (χ2n) is 5.03. The van der Waals surface area contributed by atoms with Gasteiger partial charge < -0.3 is 14.6 Å². The molecule has 106 valence electrons. The summed E-state index contributed by atoms with van der Waals surface area (Å²) in [5, 5.41) is 0. The lowest BCUT2D eigenvalue weighted by molar-refractivity contribution is -0.179. The topological polar surface area (TPSA) is 45.3 Å². The van der Waals surface area contributed by atoms with Crippen LogP contribution in [0.3, 0.4) is 0 Å². The third-order valence-corrected chi connectivity index (χ3v) is 3.09. The van der Waals surface area contributed by atoms with Crippen LogP contribution in [0.2, 0.25) is 0 Å². The van der Waals surface area contributed by atoms with Crippen molar-refractivity contribution in [1.29, 1.82) is 0 Å². The zero-order chi connectivity index (χ0) is 14.0. The molecule has 1 atom stereocenters. The van der Waals surface area contributed by atoms with E-state index in [2.05, 4.69) is 4.98 Å². The van der Waals surface area contributed by atoms with E-state index < -0.39 is 24.5 Å². The number of ether oxygens (including phenoxy) is 1. The number of nitrogens with one attached hydrogen (secondary N) is 1. The molecule has 0 bridgehead atoms. The van der Waals surface area contributed by atoms with Crippen LogP contribution < -0.4 is 0 Å². The van der Waals surface area contributed by atoms with Gasteiger partial charge in [0, 0.05) is 12.7 Å². The Hall–Kier alpha value is -1.43. The first-order valence-corrected chi connectivity index (χ1v) is 6.36. The van der Waals surface area contributed by atoms with Crippen LogP contribution in [0.5, 0.6) is 0 Å². The Kier molecular flexibility index (Phi) is 3.89. The Labute approximate surface area is 110 Å². The molecule has 1 aliphatic rings. The number of hydrogen-bond donors (Lipinski definition) is 1. The third kappa shape index (κ3) is 3.12. The molecule has 1 N–H and O–H groups in total. The van der Waals surface area contributed by atoms with Crippen molar-refractivity contribution >= 4 is 5.91 Å². The molecular weight excluding hydrogens is 254 g/mol. The highest BCUT2D eigenvalue weighted by molar-refractivity contribution is 5.92. The number of alkyl halides is 2. The van der Waals surface area contributed by atoms with Gasteiger partial charge in [-0.15, -0.1) is 0 Å². The van der Waals surface area contributed by atoms with Crippen molar-refractivity contribution in [3.05, 3.63) is 24.0 Å². The normalized spacial score (nSPS) is 22.8. The maximum Gasteiger partial charge on any atom is 0.290 e. The van der Waals surface area contributed by atoms with E-state index in [9.17, 15) is 13.6 Å². The van der Waals surface area contributed by atoms with Crippen LogP contribution in [0.1, 0.15) is 30.8 Å². The van der Waals surface area contributed by atoms with Crippen molar-refractivity contribution in [3.8, 4) is 0 Å². The summed E-state index contributed by atoms with van der Waals surface area (Å²) in [5.41, 5.74) is 0.332. The fourth-order valence-corrected chi connectivity index (χ4v) is 2.22. The molecule has 1 aromatic heterocycles. The second-order valence-corrected chi connectivity index (χ2v) is 5.03. The van der Waals surface area contributed by atoms with E-state index in [4.69, 9.17) is 4.74 Å². The molecule has 4 nitrogen and oxygen atoms in total. The predicted octanol–water partition coefficient (Wildman–Crippen LogP) is 2.29. The molecule has 1 aromatic rings. The Morgan fingerprint density at radius 1 is 1.58 bits per heavy atom. The molecule has 0 aliphatic carbocycles. The summed E-state index contributed by atoms with van der Waals surface area (Å²) in [6.07, 6.45) is 0.388. The SMILES string of the molecule is CC(C)OC1CCN(C(=O)c2ccc[nH]2)CC1(F)F. The summed E-state index contributed by atoms with van der Waals surface area (Å²) < 4.78 is 33.1. The molecule has 0 spiro atoms. The van der Waals surface area contributed by atoms with Gasteiger partial charge >= 0.3 is 0 Å². The summed E-state index contributed by atoms with van der Waals surface area (Å²) in [4.78, 5) is 15.9. The van der Waals surface area contributed by atoms with E-state index in [0.29, 0.717) is 5.69 Å². The quantitative estimate of drug-likeness (QED) is 0.917. The summed E-state index contributed by atoms with van der Waals surface area (Å²) >= 11 is 0. The Morgan fingerprint density at radius 2 is 2.32 bits per heavy atom.